The summed E-state index contributed by atoms with van der Waals surface area (Å²) in [5.74, 6) is 1.54. The van der Waals surface area contributed by atoms with Gasteiger partial charge in [0.2, 0.25) is 0 Å². The van der Waals surface area contributed by atoms with Gasteiger partial charge in [0.25, 0.3) is 5.91 Å². The van der Waals surface area contributed by atoms with E-state index in [1.54, 1.807) is 11.0 Å². The largest absolute Gasteiger partial charge is 0.493 e. The van der Waals surface area contributed by atoms with Gasteiger partial charge in [0.05, 0.1) is 6.61 Å². The molecule has 1 aromatic carbocycles. The number of rotatable bonds is 6. The number of thiocarbonyl (C=S) groups is 1. The Balaban J connectivity index is 1.91. The molecule has 0 bridgehead atoms. The van der Waals surface area contributed by atoms with Crippen LogP contribution in [0.3, 0.4) is 0 Å². The first-order chi connectivity index (χ1) is 12.0. The summed E-state index contributed by atoms with van der Waals surface area (Å²) in [6.07, 6.45) is 4.78. The van der Waals surface area contributed by atoms with E-state index in [1.165, 1.54) is 0 Å². The van der Waals surface area contributed by atoms with Crippen LogP contribution in [0.5, 0.6) is 11.5 Å². The van der Waals surface area contributed by atoms with Gasteiger partial charge in [-0.3, -0.25) is 9.69 Å². The highest BCUT2D eigenvalue weighted by atomic mass is 32.1. The highest BCUT2D eigenvalue weighted by Crippen LogP contribution is 2.36. The topological polar surface area (TPSA) is 50.8 Å². The predicted octanol–water partition coefficient (Wildman–Crippen LogP) is 3.27. The average Bonchev–Trinajstić information content (AvgIpc) is 3.05. The summed E-state index contributed by atoms with van der Waals surface area (Å²) in [6, 6.07) is 3.96. The first kappa shape index (κ1) is 17.7. The molecule has 0 aromatic heterocycles. The fourth-order valence-electron chi connectivity index (χ4n) is 3.09. The highest BCUT2D eigenvalue weighted by molar-refractivity contribution is 7.80. The minimum Gasteiger partial charge on any atom is -0.493 e. The van der Waals surface area contributed by atoms with Crippen LogP contribution in [-0.4, -0.2) is 35.2 Å². The molecule has 0 saturated carbocycles. The molecule has 1 N–H and O–H groups in total. The van der Waals surface area contributed by atoms with Crippen molar-refractivity contribution >= 4 is 29.3 Å². The lowest BCUT2D eigenvalue weighted by Crippen LogP contribution is -2.31. The zero-order chi connectivity index (χ0) is 18.0. The van der Waals surface area contributed by atoms with E-state index in [4.69, 9.17) is 21.7 Å². The van der Waals surface area contributed by atoms with Crippen molar-refractivity contribution in [3.8, 4) is 11.5 Å². The second-order valence-electron chi connectivity index (χ2n) is 6.36. The number of ether oxygens (including phenoxy) is 2. The molecule has 1 unspecified atom stereocenters. The molecule has 6 heteroatoms. The van der Waals surface area contributed by atoms with Crippen LogP contribution in [0, 0.1) is 0 Å². The Bertz CT molecular complexity index is 730. The number of nitrogens with one attached hydrogen (secondary N) is 1. The van der Waals surface area contributed by atoms with Gasteiger partial charge in [0.1, 0.15) is 23.3 Å². The number of amides is 1. The molecule has 0 spiro atoms. The second-order valence-corrected chi connectivity index (χ2v) is 6.75. The lowest BCUT2D eigenvalue weighted by molar-refractivity contribution is -0.122. The van der Waals surface area contributed by atoms with Crippen molar-refractivity contribution in [2.75, 3.05) is 13.2 Å². The molecule has 2 aliphatic heterocycles. The first-order valence-electron chi connectivity index (χ1n) is 8.84. The lowest BCUT2D eigenvalue weighted by atomic mass is 10.1. The third kappa shape index (κ3) is 3.63. The van der Waals surface area contributed by atoms with Crippen molar-refractivity contribution < 1.29 is 14.3 Å². The summed E-state index contributed by atoms with van der Waals surface area (Å²) in [6.45, 7) is 7.29. The molecule has 2 heterocycles. The minimum absolute atomic E-state index is 0.0873. The molecule has 1 atom stereocenters. The zero-order valence-corrected chi connectivity index (χ0v) is 15.7. The molecule has 5 nitrogen and oxygen atoms in total. The standard InChI is InChI=1S/C19H24N2O3S/c1-4-6-7-21-18(22)15(20-19(21)25)9-14-11-17-13(8-12(3)24-17)10-16(14)23-5-2/h9-12H,4-8H2,1-3H3,(H,20,25). The molecular formula is C19H24N2O3S. The molecule has 1 aromatic rings. The molecule has 0 radical (unpaired) electrons. The van der Waals surface area contributed by atoms with E-state index in [0.717, 1.165) is 41.9 Å². The lowest BCUT2D eigenvalue weighted by Gasteiger charge is -2.12. The fraction of sp³-hybridized carbons (Fsp3) is 0.474. The van der Waals surface area contributed by atoms with E-state index >= 15 is 0 Å². The monoisotopic (exact) mass is 360 g/mol. The van der Waals surface area contributed by atoms with Crippen LogP contribution >= 0.6 is 12.2 Å². The van der Waals surface area contributed by atoms with Gasteiger partial charge >= 0.3 is 0 Å². The van der Waals surface area contributed by atoms with Gasteiger partial charge in [-0.1, -0.05) is 13.3 Å². The number of carbonyl (C=O) groups excluding carboxylic acids is 1. The van der Waals surface area contributed by atoms with Gasteiger partial charge in [-0.25, -0.2) is 0 Å². The van der Waals surface area contributed by atoms with Crippen LogP contribution in [-0.2, 0) is 11.2 Å². The van der Waals surface area contributed by atoms with Crippen LogP contribution in [0.15, 0.2) is 17.8 Å². The van der Waals surface area contributed by atoms with Crippen LogP contribution in [0.2, 0.25) is 0 Å². The normalized spacial score (nSPS) is 20.7. The van der Waals surface area contributed by atoms with Crippen molar-refractivity contribution in [1.29, 1.82) is 0 Å². The van der Waals surface area contributed by atoms with Crippen LogP contribution in [0.4, 0.5) is 0 Å². The number of hydrogen-bond acceptors (Lipinski definition) is 4. The Morgan fingerprint density at radius 2 is 2.24 bits per heavy atom. The third-order valence-corrected chi connectivity index (χ3v) is 4.65. The molecule has 1 fully saturated rings. The smallest absolute Gasteiger partial charge is 0.276 e. The van der Waals surface area contributed by atoms with Gasteiger partial charge in [-0.05, 0) is 50.7 Å². The number of benzene rings is 1. The van der Waals surface area contributed by atoms with E-state index < -0.39 is 0 Å². The quantitative estimate of drug-likeness (QED) is 0.623. The molecule has 3 rings (SSSR count). The van der Waals surface area contributed by atoms with Crippen molar-refractivity contribution in [3.05, 3.63) is 29.0 Å². The summed E-state index contributed by atoms with van der Waals surface area (Å²) in [5, 5.41) is 3.50. The molecule has 2 aliphatic rings. The van der Waals surface area contributed by atoms with Crippen LogP contribution in [0.25, 0.3) is 6.08 Å². The van der Waals surface area contributed by atoms with E-state index in [-0.39, 0.29) is 12.0 Å². The Morgan fingerprint density at radius 3 is 2.96 bits per heavy atom. The van der Waals surface area contributed by atoms with Gasteiger partial charge in [0, 0.05) is 24.1 Å². The van der Waals surface area contributed by atoms with Gasteiger partial charge < -0.3 is 14.8 Å². The Hall–Kier alpha value is -2.08. The van der Waals surface area contributed by atoms with Crippen LogP contribution < -0.4 is 14.8 Å². The molecular weight excluding hydrogens is 336 g/mol. The predicted molar refractivity (Wildman–Crippen MR) is 102 cm³/mol. The van der Waals surface area contributed by atoms with Gasteiger partial charge in [0.15, 0.2) is 5.11 Å². The number of fused-ring (bicyclic) bond motifs is 1. The molecule has 1 amide bonds. The fourth-order valence-corrected chi connectivity index (χ4v) is 3.38. The van der Waals surface area contributed by atoms with Crippen molar-refractivity contribution in [1.82, 2.24) is 10.2 Å². The molecule has 25 heavy (non-hydrogen) atoms. The zero-order valence-electron chi connectivity index (χ0n) is 14.9. The Labute approximate surface area is 154 Å². The minimum atomic E-state index is -0.0873. The number of nitrogens with zero attached hydrogens (tertiary/aromatic N) is 1. The second kappa shape index (κ2) is 7.44. The van der Waals surface area contributed by atoms with Crippen molar-refractivity contribution in [2.24, 2.45) is 0 Å². The summed E-state index contributed by atoms with van der Waals surface area (Å²) in [4.78, 5) is 14.2. The van der Waals surface area contributed by atoms with E-state index in [0.29, 0.717) is 24.0 Å². The average molecular weight is 360 g/mol. The van der Waals surface area contributed by atoms with Gasteiger partial charge in [-0.2, -0.15) is 0 Å². The van der Waals surface area contributed by atoms with Crippen molar-refractivity contribution in [3.63, 3.8) is 0 Å². The van der Waals surface area contributed by atoms with Crippen molar-refractivity contribution in [2.45, 2.75) is 46.1 Å². The first-order valence-corrected chi connectivity index (χ1v) is 9.25. The van der Waals surface area contributed by atoms with E-state index in [9.17, 15) is 4.79 Å². The summed E-state index contributed by atoms with van der Waals surface area (Å²) < 4.78 is 11.6. The summed E-state index contributed by atoms with van der Waals surface area (Å²) >= 11 is 5.30. The SMILES string of the molecule is CCCCN1C(=O)C(=Cc2cc3c(cc2OCC)CC(C)O3)NC1=S. The van der Waals surface area contributed by atoms with E-state index in [2.05, 4.69) is 12.2 Å². The van der Waals surface area contributed by atoms with Crippen LogP contribution in [0.1, 0.15) is 44.7 Å². The highest BCUT2D eigenvalue weighted by Gasteiger charge is 2.30. The number of hydrogen-bond donors (Lipinski definition) is 1. The number of unbranched alkanes of at least 4 members (excludes halogenated alkanes) is 1. The Kier molecular flexibility index (Phi) is 5.27. The third-order valence-electron chi connectivity index (χ3n) is 4.33. The molecule has 1 saturated heterocycles. The maximum atomic E-state index is 12.6. The molecule has 134 valence electrons. The summed E-state index contributed by atoms with van der Waals surface area (Å²) in [5.41, 5.74) is 2.45. The maximum Gasteiger partial charge on any atom is 0.276 e. The molecule has 0 aliphatic carbocycles. The van der Waals surface area contributed by atoms with E-state index in [1.807, 2.05) is 26.0 Å². The van der Waals surface area contributed by atoms with Gasteiger partial charge in [-0.15, -0.1) is 0 Å². The Morgan fingerprint density at radius 1 is 1.44 bits per heavy atom. The maximum absolute atomic E-state index is 12.6. The summed E-state index contributed by atoms with van der Waals surface area (Å²) in [7, 11) is 0. The number of carbonyl (C=O) groups is 1.